The number of nitrogens with one attached hydrogen (secondary N) is 1. The SMILES string of the molecule is Fc1cc(C=NNc2ccc(-c3cnco3)cc2)ccn1. The Hall–Kier alpha value is -3.02. The second kappa shape index (κ2) is 5.96. The van der Waals surface area contributed by atoms with Gasteiger partial charge in [-0.2, -0.15) is 9.49 Å². The molecular weight excluding hydrogens is 271 g/mol. The number of oxazole rings is 1. The van der Waals surface area contributed by atoms with E-state index >= 15 is 0 Å². The van der Waals surface area contributed by atoms with Crippen molar-refractivity contribution in [3.05, 3.63) is 66.7 Å². The maximum absolute atomic E-state index is 12.9. The lowest BCUT2D eigenvalue weighted by atomic mass is 10.2. The third kappa shape index (κ3) is 3.30. The molecule has 0 aliphatic heterocycles. The Bertz CT molecular complexity index is 739. The number of anilines is 1. The predicted octanol–water partition coefficient (Wildman–Crippen LogP) is 3.32. The smallest absolute Gasteiger partial charge is 0.213 e. The van der Waals surface area contributed by atoms with Crippen LogP contribution < -0.4 is 5.43 Å². The van der Waals surface area contributed by atoms with E-state index in [1.54, 1.807) is 12.3 Å². The summed E-state index contributed by atoms with van der Waals surface area (Å²) in [5.41, 5.74) is 5.24. The van der Waals surface area contributed by atoms with Crippen molar-refractivity contribution in [3.8, 4) is 11.3 Å². The van der Waals surface area contributed by atoms with Gasteiger partial charge in [0.05, 0.1) is 18.1 Å². The molecule has 0 saturated heterocycles. The van der Waals surface area contributed by atoms with Crippen LogP contribution in [0.4, 0.5) is 10.1 Å². The van der Waals surface area contributed by atoms with Crippen LogP contribution in [0.3, 0.4) is 0 Å². The molecule has 0 unspecified atom stereocenters. The molecule has 0 fully saturated rings. The highest BCUT2D eigenvalue weighted by atomic mass is 19.1. The molecule has 0 atom stereocenters. The van der Waals surface area contributed by atoms with Crippen molar-refractivity contribution < 1.29 is 8.81 Å². The van der Waals surface area contributed by atoms with Gasteiger partial charge in [0.15, 0.2) is 12.2 Å². The molecule has 3 aromatic rings. The quantitative estimate of drug-likeness (QED) is 0.453. The number of aromatic nitrogens is 2. The van der Waals surface area contributed by atoms with Crippen LogP contribution in [0.15, 0.2) is 64.7 Å². The van der Waals surface area contributed by atoms with Crippen LogP contribution in [-0.4, -0.2) is 16.2 Å². The van der Waals surface area contributed by atoms with Crippen molar-refractivity contribution in [2.75, 3.05) is 5.43 Å². The van der Waals surface area contributed by atoms with E-state index in [2.05, 4.69) is 20.5 Å². The zero-order chi connectivity index (χ0) is 14.5. The number of rotatable bonds is 4. The van der Waals surface area contributed by atoms with Crippen LogP contribution in [0.2, 0.25) is 0 Å². The summed E-state index contributed by atoms with van der Waals surface area (Å²) in [6, 6.07) is 10.5. The molecule has 0 bridgehead atoms. The van der Waals surface area contributed by atoms with Crippen molar-refractivity contribution in [1.82, 2.24) is 9.97 Å². The van der Waals surface area contributed by atoms with Gasteiger partial charge in [0.1, 0.15) is 0 Å². The molecule has 2 aromatic heterocycles. The lowest BCUT2D eigenvalue weighted by Crippen LogP contribution is -1.92. The normalized spacial score (nSPS) is 10.9. The van der Waals surface area contributed by atoms with Crippen LogP contribution in [-0.2, 0) is 0 Å². The van der Waals surface area contributed by atoms with E-state index in [9.17, 15) is 4.39 Å². The first-order valence-electron chi connectivity index (χ1n) is 6.21. The van der Waals surface area contributed by atoms with Crippen molar-refractivity contribution in [2.45, 2.75) is 0 Å². The van der Waals surface area contributed by atoms with E-state index in [4.69, 9.17) is 4.42 Å². The Morgan fingerprint density at radius 1 is 1.19 bits per heavy atom. The van der Waals surface area contributed by atoms with Gasteiger partial charge in [0.25, 0.3) is 0 Å². The summed E-state index contributed by atoms with van der Waals surface area (Å²) >= 11 is 0. The second-order valence-corrected chi connectivity index (χ2v) is 4.22. The number of pyridine rings is 1. The first kappa shape index (κ1) is 13.0. The third-order valence-corrected chi connectivity index (χ3v) is 2.76. The number of hydrazone groups is 1. The summed E-state index contributed by atoms with van der Waals surface area (Å²) in [5.74, 6) is 0.174. The Morgan fingerprint density at radius 2 is 2.05 bits per heavy atom. The molecule has 0 saturated carbocycles. The fourth-order valence-electron chi connectivity index (χ4n) is 1.75. The average molecular weight is 282 g/mol. The Balaban J connectivity index is 1.66. The summed E-state index contributed by atoms with van der Waals surface area (Å²) in [7, 11) is 0. The van der Waals surface area contributed by atoms with Gasteiger partial charge < -0.3 is 4.42 Å². The zero-order valence-corrected chi connectivity index (χ0v) is 10.9. The Morgan fingerprint density at radius 3 is 2.76 bits per heavy atom. The minimum atomic E-state index is -0.532. The molecule has 2 heterocycles. The van der Waals surface area contributed by atoms with Gasteiger partial charge in [-0.15, -0.1) is 0 Å². The van der Waals surface area contributed by atoms with Gasteiger partial charge in [-0.3, -0.25) is 5.43 Å². The molecule has 104 valence electrons. The van der Waals surface area contributed by atoms with Crippen LogP contribution in [0.5, 0.6) is 0 Å². The van der Waals surface area contributed by atoms with Gasteiger partial charge in [-0.1, -0.05) is 0 Å². The van der Waals surface area contributed by atoms with Gasteiger partial charge in [-0.25, -0.2) is 9.97 Å². The van der Waals surface area contributed by atoms with E-state index in [1.165, 1.54) is 24.9 Å². The molecule has 1 aromatic carbocycles. The average Bonchev–Trinajstić information content (AvgIpc) is 3.02. The molecule has 0 radical (unpaired) electrons. The summed E-state index contributed by atoms with van der Waals surface area (Å²) < 4.78 is 18.1. The summed E-state index contributed by atoms with van der Waals surface area (Å²) in [5, 5.41) is 4.04. The van der Waals surface area contributed by atoms with Crippen molar-refractivity contribution in [2.24, 2.45) is 5.10 Å². The molecule has 21 heavy (non-hydrogen) atoms. The lowest BCUT2D eigenvalue weighted by molar-refractivity contribution is 0.572. The van der Waals surface area contributed by atoms with E-state index in [0.29, 0.717) is 11.3 Å². The highest BCUT2D eigenvalue weighted by molar-refractivity contribution is 5.79. The van der Waals surface area contributed by atoms with E-state index < -0.39 is 5.95 Å². The number of hydrogen-bond donors (Lipinski definition) is 1. The zero-order valence-electron chi connectivity index (χ0n) is 10.9. The summed E-state index contributed by atoms with van der Waals surface area (Å²) in [4.78, 5) is 7.35. The minimum absolute atomic E-state index is 0.532. The Labute approximate surface area is 120 Å². The van der Waals surface area contributed by atoms with Crippen LogP contribution >= 0.6 is 0 Å². The van der Waals surface area contributed by atoms with E-state index in [-0.39, 0.29) is 0 Å². The number of benzene rings is 1. The Kier molecular flexibility index (Phi) is 3.68. The van der Waals surface area contributed by atoms with Crippen LogP contribution in [0.25, 0.3) is 11.3 Å². The maximum Gasteiger partial charge on any atom is 0.213 e. The summed E-state index contributed by atoms with van der Waals surface area (Å²) in [6.45, 7) is 0. The van der Waals surface area contributed by atoms with Gasteiger partial charge in [0, 0.05) is 23.4 Å². The molecule has 0 aliphatic rings. The van der Waals surface area contributed by atoms with Gasteiger partial charge >= 0.3 is 0 Å². The molecule has 5 nitrogen and oxygen atoms in total. The first-order valence-corrected chi connectivity index (χ1v) is 6.21. The van der Waals surface area contributed by atoms with Crippen molar-refractivity contribution in [3.63, 3.8) is 0 Å². The number of nitrogens with zero attached hydrogens (tertiary/aromatic N) is 3. The molecule has 3 rings (SSSR count). The minimum Gasteiger partial charge on any atom is -0.444 e. The fourth-order valence-corrected chi connectivity index (χ4v) is 1.75. The third-order valence-electron chi connectivity index (χ3n) is 2.76. The molecule has 1 N–H and O–H groups in total. The van der Waals surface area contributed by atoms with Crippen LogP contribution in [0, 0.1) is 5.95 Å². The number of hydrogen-bond acceptors (Lipinski definition) is 5. The molecule has 0 aliphatic carbocycles. The maximum atomic E-state index is 12.9. The molecule has 0 amide bonds. The van der Waals surface area contributed by atoms with E-state index in [1.807, 2.05) is 24.3 Å². The number of halogens is 1. The highest BCUT2D eigenvalue weighted by Gasteiger charge is 2.00. The summed E-state index contributed by atoms with van der Waals surface area (Å²) in [6.07, 6.45) is 5.95. The second-order valence-electron chi connectivity index (χ2n) is 4.22. The van der Waals surface area contributed by atoms with Gasteiger partial charge in [-0.05, 0) is 30.3 Å². The van der Waals surface area contributed by atoms with E-state index in [0.717, 1.165) is 11.3 Å². The molecular formula is C15H11FN4O. The largest absolute Gasteiger partial charge is 0.444 e. The fraction of sp³-hybridized carbons (Fsp3) is 0. The topological polar surface area (TPSA) is 63.3 Å². The highest BCUT2D eigenvalue weighted by Crippen LogP contribution is 2.20. The van der Waals surface area contributed by atoms with Crippen molar-refractivity contribution >= 4 is 11.9 Å². The molecule has 0 spiro atoms. The monoisotopic (exact) mass is 282 g/mol. The van der Waals surface area contributed by atoms with Gasteiger partial charge in [0.2, 0.25) is 5.95 Å². The predicted molar refractivity (Wildman–Crippen MR) is 77.4 cm³/mol. The van der Waals surface area contributed by atoms with Crippen molar-refractivity contribution in [1.29, 1.82) is 0 Å². The molecule has 6 heteroatoms. The van der Waals surface area contributed by atoms with Crippen LogP contribution in [0.1, 0.15) is 5.56 Å². The standard InChI is InChI=1S/C15H11FN4O/c16-15-7-11(5-6-18-15)8-19-20-13-3-1-12(2-4-13)14-9-17-10-21-14/h1-10,20H. The lowest BCUT2D eigenvalue weighted by Gasteiger charge is -2.01. The first-order chi connectivity index (χ1) is 10.3.